The van der Waals surface area contributed by atoms with Crippen LogP contribution < -0.4 is 5.32 Å². The van der Waals surface area contributed by atoms with Gasteiger partial charge in [0.05, 0.1) is 11.3 Å². The standard InChI is InChI=1S/C15H18F3N3/c1-10-8-13(21(3)20-10)9-14(19-2)11-4-6-12(7-5-11)15(16,17)18/h4-8,14,19H,9H2,1-3H3. The van der Waals surface area contributed by atoms with Gasteiger partial charge in [-0.25, -0.2) is 0 Å². The number of halogens is 3. The molecule has 114 valence electrons. The smallest absolute Gasteiger partial charge is 0.313 e. The van der Waals surface area contributed by atoms with E-state index >= 15 is 0 Å². The highest BCUT2D eigenvalue weighted by molar-refractivity contribution is 5.28. The van der Waals surface area contributed by atoms with Crippen molar-refractivity contribution in [3.05, 3.63) is 52.8 Å². The number of nitrogens with zero attached hydrogens (tertiary/aromatic N) is 2. The van der Waals surface area contributed by atoms with Crippen LogP contribution in [0.5, 0.6) is 0 Å². The molecular weight excluding hydrogens is 279 g/mol. The Morgan fingerprint density at radius 2 is 1.86 bits per heavy atom. The highest BCUT2D eigenvalue weighted by Crippen LogP contribution is 2.30. The third-order valence-electron chi connectivity index (χ3n) is 3.50. The molecule has 0 spiro atoms. The predicted octanol–water partition coefficient (Wildman–Crippen LogP) is 3.25. The first-order chi connectivity index (χ1) is 9.81. The number of aromatic nitrogens is 2. The molecule has 1 atom stereocenters. The highest BCUT2D eigenvalue weighted by Gasteiger charge is 2.30. The van der Waals surface area contributed by atoms with Crippen LogP contribution in [0.1, 0.15) is 28.6 Å². The summed E-state index contributed by atoms with van der Waals surface area (Å²) in [5.41, 5.74) is 2.16. The molecule has 1 aromatic carbocycles. The van der Waals surface area contributed by atoms with Crippen LogP contribution in [0.3, 0.4) is 0 Å². The molecule has 0 fully saturated rings. The fourth-order valence-corrected chi connectivity index (χ4v) is 2.36. The van der Waals surface area contributed by atoms with Gasteiger partial charge >= 0.3 is 6.18 Å². The van der Waals surface area contributed by atoms with E-state index in [1.165, 1.54) is 12.1 Å². The Labute approximate surface area is 121 Å². The van der Waals surface area contributed by atoms with Crippen LogP contribution in [0.4, 0.5) is 13.2 Å². The molecule has 0 aliphatic carbocycles. The van der Waals surface area contributed by atoms with Crippen molar-refractivity contribution in [3.63, 3.8) is 0 Å². The molecule has 0 bridgehead atoms. The molecule has 6 heteroatoms. The predicted molar refractivity (Wildman–Crippen MR) is 74.9 cm³/mol. The first-order valence-corrected chi connectivity index (χ1v) is 6.65. The molecule has 0 saturated carbocycles. The van der Waals surface area contributed by atoms with Crippen molar-refractivity contribution < 1.29 is 13.2 Å². The average Bonchev–Trinajstić information content (AvgIpc) is 2.73. The van der Waals surface area contributed by atoms with Gasteiger partial charge in [-0.15, -0.1) is 0 Å². The quantitative estimate of drug-likeness (QED) is 0.939. The Balaban J connectivity index is 2.20. The van der Waals surface area contributed by atoms with Gasteiger partial charge in [0.1, 0.15) is 0 Å². The zero-order valence-electron chi connectivity index (χ0n) is 12.2. The number of aryl methyl sites for hydroxylation is 2. The van der Waals surface area contributed by atoms with Crippen LogP contribution in [-0.4, -0.2) is 16.8 Å². The molecule has 3 nitrogen and oxygen atoms in total. The molecule has 0 saturated heterocycles. The second-order valence-corrected chi connectivity index (χ2v) is 5.07. The summed E-state index contributed by atoms with van der Waals surface area (Å²) >= 11 is 0. The van der Waals surface area contributed by atoms with Crippen LogP contribution in [0.2, 0.25) is 0 Å². The van der Waals surface area contributed by atoms with Crippen LogP contribution in [-0.2, 0) is 19.6 Å². The van der Waals surface area contributed by atoms with Crippen LogP contribution >= 0.6 is 0 Å². The minimum Gasteiger partial charge on any atom is -0.313 e. The van der Waals surface area contributed by atoms with Crippen molar-refractivity contribution >= 4 is 0 Å². The lowest BCUT2D eigenvalue weighted by molar-refractivity contribution is -0.137. The van der Waals surface area contributed by atoms with Gasteiger partial charge in [0.15, 0.2) is 0 Å². The lowest BCUT2D eigenvalue weighted by atomic mass is 10.0. The maximum absolute atomic E-state index is 12.6. The zero-order valence-corrected chi connectivity index (χ0v) is 12.2. The largest absolute Gasteiger partial charge is 0.416 e. The van der Waals surface area contributed by atoms with Crippen molar-refractivity contribution in [1.82, 2.24) is 15.1 Å². The monoisotopic (exact) mass is 297 g/mol. The summed E-state index contributed by atoms with van der Waals surface area (Å²) in [6.07, 6.45) is -3.63. The van der Waals surface area contributed by atoms with Crippen LogP contribution in [0, 0.1) is 6.92 Å². The first kappa shape index (κ1) is 15.6. The third kappa shape index (κ3) is 3.64. The van der Waals surface area contributed by atoms with Gasteiger partial charge in [0, 0.05) is 25.2 Å². The Morgan fingerprint density at radius 3 is 2.29 bits per heavy atom. The van der Waals surface area contributed by atoms with Gasteiger partial charge in [-0.3, -0.25) is 4.68 Å². The van der Waals surface area contributed by atoms with E-state index in [-0.39, 0.29) is 6.04 Å². The molecule has 0 aliphatic heterocycles. The van der Waals surface area contributed by atoms with Gasteiger partial charge in [-0.2, -0.15) is 18.3 Å². The molecule has 1 heterocycles. The van der Waals surface area contributed by atoms with E-state index in [2.05, 4.69) is 10.4 Å². The second-order valence-electron chi connectivity index (χ2n) is 5.07. The molecule has 1 N–H and O–H groups in total. The second kappa shape index (κ2) is 5.89. The minimum atomic E-state index is -4.30. The van der Waals surface area contributed by atoms with Crippen LogP contribution in [0.25, 0.3) is 0 Å². The first-order valence-electron chi connectivity index (χ1n) is 6.65. The number of likely N-dealkylation sites (N-methyl/N-ethyl adjacent to an activating group) is 1. The Hall–Kier alpha value is -1.82. The molecular formula is C15H18F3N3. The summed E-state index contributed by atoms with van der Waals surface area (Å²) in [5.74, 6) is 0. The van der Waals surface area contributed by atoms with E-state index in [0.29, 0.717) is 6.42 Å². The Morgan fingerprint density at radius 1 is 1.24 bits per heavy atom. The third-order valence-corrected chi connectivity index (χ3v) is 3.50. The van der Waals surface area contributed by atoms with E-state index < -0.39 is 11.7 Å². The maximum Gasteiger partial charge on any atom is 0.416 e. The molecule has 2 rings (SSSR count). The fourth-order valence-electron chi connectivity index (χ4n) is 2.36. The van der Waals surface area contributed by atoms with Crippen molar-refractivity contribution in [2.75, 3.05) is 7.05 Å². The lowest BCUT2D eigenvalue weighted by Crippen LogP contribution is -2.20. The topological polar surface area (TPSA) is 29.9 Å². The summed E-state index contributed by atoms with van der Waals surface area (Å²) in [6.45, 7) is 1.91. The molecule has 2 aromatic rings. The minimum absolute atomic E-state index is 0.0536. The lowest BCUT2D eigenvalue weighted by Gasteiger charge is -2.17. The van der Waals surface area contributed by atoms with Crippen molar-refractivity contribution in [2.24, 2.45) is 7.05 Å². The van der Waals surface area contributed by atoms with Gasteiger partial charge < -0.3 is 5.32 Å². The van der Waals surface area contributed by atoms with Crippen LogP contribution in [0.15, 0.2) is 30.3 Å². The normalized spacial score (nSPS) is 13.4. The SMILES string of the molecule is CNC(Cc1cc(C)nn1C)c1ccc(C(F)(F)F)cc1. The Kier molecular flexibility index (Phi) is 4.37. The molecule has 1 unspecified atom stereocenters. The van der Waals surface area contributed by atoms with Crippen molar-refractivity contribution in [1.29, 1.82) is 0 Å². The zero-order chi connectivity index (χ0) is 15.6. The van der Waals surface area contributed by atoms with Crippen molar-refractivity contribution in [2.45, 2.75) is 25.6 Å². The van der Waals surface area contributed by atoms with E-state index in [9.17, 15) is 13.2 Å². The molecule has 0 aliphatic rings. The van der Waals surface area contributed by atoms with Crippen molar-refractivity contribution in [3.8, 4) is 0 Å². The number of benzene rings is 1. The highest BCUT2D eigenvalue weighted by atomic mass is 19.4. The molecule has 21 heavy (non-hydrogen) atoms. The Bertz CT molecular complexity index is 600. The molecule has 0 radical (unpaired) electrons. The molecule has 1 aromatic heterocycles. The summed E-state index contributed by atoms with van der Waals surface area (Å²) in [7, 11) is 3.66. The maximum atomic E-state index is 12.6. The number of nitrogens with one attached hydrogen (secondary N) is 1. The van der Waals surface area contributed by atoms with E-state index in [0.717, 1.165) is 29.1 Å². The van der Waals surface area contributed by atoms with Gasteiger partial charge in [-0.05, 0) is 37.7 Å². The summed E-state index contributed by atoms with van der Waals surface area (Å²) in [5, 5.41) is 7.42. The van der Waals surface area contributed by atoms with E-state index in [1.54, 1.807) is 11.7 Å². The summed E-state index contributed by atoms with van der Waals surface area (Å²) in [6, 6.07) is 7.21. The number of alkyl halides is 3. The van der Waals surface area contributed by atoms with E-state index in [1.807, 2.05) is 20.0 Å². The average molecular weight is 297 g/mol. The van der Waals surface area contributed by atoms with Gasteiger partial charge in [0.2, 0.25) is 0 Å². The van der Waals surface area contributed by atoms with Gasteiger partial charge in [-0.1, -0.05) is 12.1 Å². The fraction of sp³-hybridized carbons (Fsp3) is 0.400. The molecule has 0 amide bonds. The van der Waals surface area contributed by atoms with E-state index in [4.69, 9.17) is 0 Å². The van der Waals surface area contributed by atoms with Gasteiger partial charge in [0.25, 0.3) is 0 Å². The number of hydrogen-bond donors (Lipinski definition) is 1. The number of hydrogen-bond acceptors (Lipinski definition) is 2. The summed E-state index contributed by atoms with van der Waals surface area (Å²) in [4.78, 5) is 0. The number of rotatable bonds is 4. The summed E-state index contributed by atoms with van der Waals surface area (Å²) < 4.78 is 39.5.